The number of methoxy groups -OCH3 is 1. The Morgan fingerprint density at radius 1 is 1.69 bits per heavy atom. The number of nitrogens with two attached hydrogens (primary N) is 1. The van der Waals surface area contributed by atoms with Crippen molar-refractivity contribution in [3.05, 3.63) is 11.8 Å². The number of rotatable bonds is 2. The van der Waals surface area contributed by atoms with Crippen molar-refractivity contribution < 1.29 is 14.3 Å². The molecule has 0 aliphatic rings. The SMILES string of the molecule is COC(=O)Nc1cc(C(N)=O)[nH]n1. The van der Waals surface area contributed by atoms with Crippen LogP contribution < -0.4 is 11.1 Å². The fourth-order valence-electron chi connectivity index (χ4n) is 0.668. The summed E-state index contributed by atoms with van der Waals surface area (Å²) in [4.78, 5) is 21.2. The number of aromatic nitrogens is 2. The Kier molecular flexibility index (Phi) is 2.48. The number of hydrogen-bond donors (Lipinski definition) is 3. The van der Waals surface area contributed by atoms with E-state index in [0.717, 1.165) is 0 Å². The van der Waals surface area contributed by atoms with Crippen LogP contribution in [0.3, 0.4) is 0 Å². The van der Waals surface area contributed by atoms with Gasteiger partial charge in [0, 0.05) is 6.07 Å². The summed E-state index contributed by atoms with van der Waals surface area (Å²) in [5, 5.41) is 8.18. The van der Waals surface area contributed by atoms with E-state index in [4.69, 9.17) is 5.73 Å². The standard InChI is InChI=1S/C6H8N4O3/c1-13-6(12)8-4-2-3(5(7)11)9-10-4/h2H,1H3,(H2,7,11)(H2,8,9,10,12). The second-order valence-corrected chi connectivity index (χ2v) is 2.15. The van der Waals surface area contributed by atoms with Gasteiger partial charge in [-0.3, -0.25) is 15.2 Å². The van der Waals surface area contributed by atoms with Crippen molar-refractivity contribution in [3.8, 4) is 0 Å². The fraction of sp³-hybridized carbons (Fsp3) is 0.167. The van der Waals surface area contributed by atoms with Crippen LogP contribution in [0, 0.1) is 0 Å². The van der Waals surface area contributed by atoms with Crippen molar-refractivity contribution in [1.82, 2.24) is 10.2 Å². The molecule has 0 spiro atoms. The molecule has 7 nitrogen and oxygen atoms in total. The molecule has 1 rings (SSSR count). The first-order valence-corrected chi connectivity index (χ1v) is 3.33. The van der Waals surface area contributed by atoms with Crippen molar-refractivity contribution in [2.75, 3.05) is 12.4 Å². The van der Waals surface area contributed by atoms with Crippen LogP contribution in [0.25, 0.3) is 0 Å². The van der Waals surface area contributed by atoms with Gasteiger partial charge < -0.3 is 10.5 Å². The van der Waals surface area contributed by atoms with Crippen LogP contribution in [0.2, 0.25) is 0 Å². The third-order valence-electron chi connectivity index (χ3n) is 1.26. The number of aromatic amines is 1. The molecule has 7 heteroatoms. The lowest BCUT2D eigenvalue weighted by atomic mass is 10.4. The highest BCUT2D eigenvalue weighted by Gasteiger charge is 2.07. The molecule has 0 bridgehead atoms. The predicted octanol–water partition coefficient (Wildman–Crippen LogP) is -0.313. The van der Waals surface area contributed by atoms with Gasteiger partial charge in [0.25, 0.3) is 5.91 Å². The number of primary amides is 1. The third-order valence-corrected chi connectivity index (χ3v) is 1.26. The smallest absolute Gasteiger partial charge is 0.412 e. The summed E-state index contributed by atoms with van der Waals surface area (Å²) in [6.45, 7) is 0. The molecule has 0 aliphatic heterocycles. The quantitative estimate of drug-likeness (QED) is 0.585. The zero-order valence-electron chi connectivity index (χ0n) is 6.83. The first kappa shape index (κ1) is 9.04. The number of nitrogens with zero attached hydrogens (tertiary/aromatic N) is 1. The lowest BCUT2D eigenvalue weighted by Crippen LogP contribution is -2.11. The highest BCUT2D eigenvalue weighted by Crippen LogP contribution is 2.04. The Morgan fingerprint density at radius 2 is 2.38 bits per heavy atom. The van der Waals surface area contributed by atoms with Crippen LogP contribution in [0.5, 0.6) is 0 Å². The first-order chi connectivity index (χ1) is 6.13. The van der Waals surface area contributed by atoms with Crippen LogP contribution >= 0.6 is 0 Å². The lowest BCUT2D eigenvalue weighted by molar-refractivity contribution is 0.0995. The lowest BCUT2D eigenvalue weighted by Gasteiger charge is -1.96. The number of carbonyl (C=O) groups is 2. The molecule has 0 aliphatic carbocycles. The average molecular weight is 184 g/mol. The third kappa shape index (κ3) is 2.19. The molecule has 0 fully saturated rings. The second-order valence-electron chi connectivity index (χ2n) is 2.15. The molecule has 0 atom stereocenters. The van der Waals surface area contributed by atoms with E-state index in [0.29, 0.717) is 0 Å². The largest absolute Gasteiger partial charge is 0.453 e. The normalized spacial score (nSPS) is 9.31. The van der Waals surface area contributed by atoms with Crippen LogP contribution in [-0.2, 0) is 4.74 Å². The fourth-order valence-corrected chi connectivity index (χ4v) is 0.668. The van der Waals surface area contributed by atoms with Gasteiger partial charge in [0.1, 0.15) is 5.69 Å². The van der Waals surface area contributed by atoms with Crippen molar-refractivity contribution >= 4 is 17.8 Å². The van der Waals surface area contributed by atoms with E-state index < -0.39 is 12.0 Å². The Balaban J connectivity index is 2.69. The molecular formula is C6H8N4O3. The van der Waals surface area contributed by atoms with Crippen LogP contribution in [0.15, 0.2) is 6.07 Å². The second kappa shape index (κ2) is 3.57. The van der Waals surface area contributed by atoms with E-state index in [1.165, 1.54) is 13.2 Å². The average Bonchev–Trinajstić information content (AvgIpc) is 2.52. The number of H-pyrrole nitrogens is 1. The van der Waals surface area contributed by atoms with Gasteiger partial charge in [-0.25, -0.2) is 4.79 Å². The minimum Gasteiger partial charge on any atom is -0.453 e. The van der Waals surface area contributed by atoms with Gasteiger partial charge in [-0.05, 0) is 0 Å². The molecule has 0 radical (unpaired) electrons. The van der Waals surface area contributed by atoms with Gasteiger partial charge in [-0.15, -0.1) is 0 Å². The molecule has 70 valence electrons. The van der Waals surface area contributed by atoms with E-state index in [1.54, 1.807) is 0 Å². The zero-order valence-corrected chi connectivity index (χ0v) is 6.83. The molecule has 1 aromatic heterocycles. The number of carbonyl (C=O) groups excluding carboxylic acids is 2. The summed E-state index contributed by atoms with van der Waals surface area (Å²) in [5.41, 5.74) is 5.05. The van der Waals surface area contributed by atoms with E-state index in [2.05, 4.69) is 20.3 Å². The van der Waals surface area contributed by atoms with E-state index in [-0.39, 0.29) is 11.5 Å². The Labute approximate surface area is 73.2 Å². The number of nitrogens with one attached hydrogen (secondary N) is 2. The monoisotopic (exact) mass is 184 g/mol. The molecular weight excluding hydrogens is 176 g/mol. The van der Waals surface area contributed by atoms with Crippen LogP contribution in [0.1, 0.15) is 10.5 Å². The number of ether oxygens (including phenoxy) is 1. The van der Waals surface area contributed by atoms with Crippen molar-refractivity contribution in [3.63, 3.8) is 0 Å². The maximum atomic E-state index is 10.7. The molecule has 0 unspecified atom stereocenters. The molecule has 0 saturated carbocycles. The van der Waals surface area contributed by atoms with Gasteiger partial charge in [0.15, 0.2) is 5.82 Å². The molecule has 4 N–H and O–H groups in total. The topological polar surface area (TPSA) is 110 Å². The molecule has 0 saturated heterocycles. The maximum absolute atomic E-state index is 10.7. The minimum atomic E-state index is -0.664. The summed E-state index contributed by atoms with van der Waals surface area (Å²) in [6.07, 6.45) is -0.664. The van der Waals surface area contributed by atoms with E-state index >= 15 is 0 Å². The molecule has 2 amide bonds. The van der Waals surface area contributed by atoms with Crippen molar-refractivity contribution in [2.24, 2.45) is 5.73 Å². The van der Waals surface area contributed by atoms with Crippen molar-refractivity contribution in [2.45, 2.75) is 0 Å². The van der Waals surface area contributed by atoms with E-state index in [9.17, 15) is 9.59 Å². The van der Waals surface area contributed by atoms with Gasteiger partial charge in [0.05, 0.1) is 7.11 Å². The zero-order chi connectivity index (χ0) is 9.84. The van der Waals surface area contributed by atoms with Gasteiger partial charge in [-0.1, -0.05) is 0 Å². The number of amides is 2. The predicted molar refractivity (Wildman–Crippen MR) is 43.1 cm³/mol. The number of anilines is 1. The summed E-state index contributed by atoms with van der Waals surface area (Å²) >= 11 is 0. The highest BCUT2D eigenvalue weighted by atomic mass is 16.5. The Morgan fingerprint density at radius 3 is 2.85 bits per heavy atom. The molecule has 1 heterocycles. The van der Waals surface area contributed by atoms with Crippen LogP contribution in [-0.4, -0.2) is 29.3 Å². The Hall–Kier alpha value is -2.05. The van der Waals surface area contributed by atoms with Gasteiger partial charge in [-0.2, -0.15) is 5.10 Å². The maximum Gasteiger partial charge on any atom is 0.412 e. The summed E-state index contributed by atoms with van der Waals surface area (Å²) in [5.74, 6) is -0.467. The molecule has 13 heavy (non-hydrogen) atoms. The summed E-state index contributed by atoms with van der Waals surface area (Å²) < 4.78 is 4.30. The Bertz CT molecular complexity index is 332. The number of hydrogen-bond acceptors (Lipinski definition) is 4. The van der Waals surface area contributed by atoms with Gasteiger partial charge >= 0.3 is 6.09 Å². The summed E-state index contributed by atoms with van der Waals surface area (Å²) in [6, 6.07) is 1.30. The molecule has 1 aromatic rings. The summed E-state index contributed by atoms with van der Waals surface area (Å²) in [7, 11) is 1.22. The molecule has 0 aromatic carbocycles. The highest BCUT2D eigenvalue weighted by molar-refractivity contribution is 5.92. The van der Waals surface area contributed by atoms with Gasteiger partial charge in [0.2, 0.25) is 0 Å². The van der Waals surface area contributed by atoms with E-state index in [1.807, 2.05) is 0 Å². The van der Waals surface area contributed by atoms with Crippen molar-refractivity contribution in [1.29, 1.82) is 0 Å². The minimum absolute atomic E-state index is 0.117. The first-order valence-electron chi connectivity index (χ1n) is 3.33. The van der Waals surface area contributed by atoms with Crippen LogP contribution in [0.4, 0.5) is 10.6 Å².